The molecule has 0 atom stereocenters. The Kier molecular flexibility index (Phi) is 6.84. The van der Waals surface area contributed by atoms with Crippen molar-refractivity contribution in [1.29, 1.82) is 0 Å². The summed E-state index contributed by atoms with van der Waals surface area (Å²) < 4.78 is 3.15. The number of amides is 1. The van der Waals surface area contributed by atoms with Gasteiger partial charge in [-0.15, -0.1) is 0 Å². The second kappa shape index (κ2) is 9.94. The van der Waals surface area contributed by atoms with Crippen molar-refractivity contribution in [3.8, 4) is 0 Å². The second-order valence-corrected chi connectivity index (χ2v) is 8.84. The van der Waals surface area contributed by atoms with E-state index in [-0.39, 0.29) is 11.7 Å². The van der Waals surface area contributed by atoms with Crippen LogP contribution in [0.3, 0.4) is 0 Å². The summed E-state index contributed by atoms with van der Waals surface area (Å²) in [4.78, 5) is 17.1. The minimum absolute atomic E-state index is 0.167. The molecular formula is C24H21BrN4OS. The lowest BCUT2D eigenvalue weighted by molar-refractivity contribution is -0.118. The molecule has 1 N–H and O–H groups in total. The summed E-state index contributed by atoms with van der Waals surface area (Å²) in [5.41, 5.74) is 7.52. The van der Waals surface area contributed by atoms with E-state index in [1.165, 1.54) is 17.3 Å². The fraction of sp³-hybridized carbons (Fsp3) is 0.125. The molecule has 0 aliphatic rings. The maximum Gasteiger partial charge on any atom is 0.250 e. The van der Waals surface area contributed by atoms with E-state index >= 15 is 0 Å². The van der Waals surface area contributed by atoms with Gasteiger partial charge in [0.1, 0.15) is 0 Å². The lowest BCUT2D eigenvalue weighted by atomic mass is 10.1. The molecule has 4 rings (SSSR count). The van der Waals surface area contributed by atoms with E-state index in [4.69, 9.17) is 4.98 Å². The first kappa shape index (κ1) is 21.3. The highest BCUT2D eigenvalue weighted by Gasteiger charge is 2.13. The molecule has 0 bridgehead atoms. The van der Waals surface area contributed by atoms with Crippen molar-refractivity contribution < 1.29 is 4.79 Å². The van der Waals surface area contributed by atoms with Crippen LogP contribution in [0.2, 0.25) is 0 Å². The molecule has 3 aromatic carbocycles. The molecule has 0 radical (unpaired) electrons. The molecule has 1 heterocycles. The summed E-state index contributed by atoms with van der Waals surface area (Å²) in [7, 11) is 0. The Hall–Kier alpha value is -2.90. The Morgan fingerprint density at radius 1 is 1.03 bits per heavy atom. The zero-order valence-electron chi connectivity index (χ0n) is 17.0. The van der Waals surface area contributed by atoms with Gasteiger partial charge in [0.15, 0.2) is 5.16 Å². The Bertz CT molecular complexity index is 1220. The number of thioether (sulfide) groups is 1. The number of para-hydroxylation sites is 2. The van der Waals surface area contributed by atoms with Crippen molar-refractivity contribution in [2.75, 3.05) is 5.75 Å². The Morgan fingerprint density at radius 3 is 2.52 bits per heavy atom. The molecule has 0 fully saturated rings. The van der Waals surface area contributed by atoms with Crippen molar-refractivity contribution in [3.05, 3.63) is 94.5 Å². The Labute approximate surface area is 193 Å². The number of nitrogens with one attached hydrogen (secondary N) is 1. The van der Waals surface area contributed by atoms with Crippen LogP contribution in [0.1, 0.15) is 18.1 Å². The van der Waals surface area contributed by atoms with Gasteiger partial charge in [0.25, 0.3) is 5.91 Å². The van der Waals surface area contributed by atoms with Gasteiger partial charge >= 0.3 is 0 Å². The summed E-state index contributed by atoms with van der Waals surface area (Å²) in [6.45, 7) is 2.57. The first-order chi connectivity index (χ1) is 15.1. The van der Waals surface area contributed by atoms with Gasteiger partial charge in [-0.3, -0.25) is 4.79 Å². The van der Waals surface area contributed by atoms with Gasteiger partial charge in [0.05, 0.1) is 29.0 Å². The number of hydrazone groups is 1. The van der Waals surface area contributed by atoms with Crippen molar-refractivity contribution in [2.45, 2.75) is 18.6 Å². The summed E-state index contributed by atoms with van der Waals surface area (Å²) in [6.07, 6.45) is 0. The van der Waals surface area contributed by atoms with E-state index in [0.29, 0.717) is 6.54 Å². The SMILES string of the molecule is C/C(=N\NC(=O)CSc1nc2ccccc2n1Cc1ccccc1)c1ccc(Br)cc1. The highest BCUT2D eigenvalue weighted by molar-refractivity contribution is 9.10. The molecule has 0 spiro atoms. The smallest absolute Gasteiger partial charge is 0.250 e. The van der Waals surface area contributed by atoms with Crippen LogP contribution >= 0.6 is 27.7 Å². The number of aromatic nitrogens is 2. The lowest BCUT2D eigenvalue weighted by Gasteiger charge is -2.09. The molecule has 31 heavy (non-hydrogen) atoms. The number of benzene rings is 3. The van der Waals surface area contributed by atoms with Gasteiger partial charge in [0.2, 0.25) is 0 Å². The monoisotopic (exact) mass is 492 g/mol. The highest BCUT2D eigenvalue weighted by Crippen LogP contribution is 2.25. The van der Waals surface area contributed by atoms with Crippen LogP contribution in [0.5, 0.6) is 0 Å². The highest BCUT2D eigenvalue weighted by atomic mass is 79.9. The minimum atomic E-state index is -0.167. The van der Waals surface area contributed by atoms with Crippen molar-refractivity contribution in [2.24, 2.45) is 5.10 Å². The molecular weight excluding hydrogens is 472 g/mol. The molecule has 0 aliphatic carbocycles. The Morgan fingerprint density at radius 2 is 1.74 bits per heavy atom. The number of hydrogen-bond donors (Lipinski definition) is 1. The van der Waals surface area contributed by atoms with Crippen LogP contribution in [-0.2, 0) is 11.3 Å². The fourth-order valence-electron chi connectivity index (χ4n) is 3.15. The third kappa shape index (κ3) is 5.42. The Balaban J connectivity index is 1.46. The molecule has 1 aromatic heterocycles. The number of halogens is 1. The van der Waals surface area contributed by atoms with Crippen molar-refractivity contribution in [1.82, 2.24) is 15.0 Å². The number of rotatable bonds is 7. The van der Waals surface area contributed by atoms with Crippen LogP contribution in [-0.4, -0.2) is 26.9 Å². The van der Waals surface area contributed by atoms with E-state index < -0.39 is 0 Å². The minimum Gasteiger partial charge on any atom is -0.314 e. The summed E-state index contributed by atoms with van der Waals surface area (Å²) in [6, 6.07) is 26.1. The van der Waals surface area contributed by atoms with Gasteiger partial charge in [-0.05, 0) is 42.3 Å². The molecule has 1 amide bonds. The van der Waals surface area contributed by atoms with E-state index in [1.807, 2.05) is 67.6 Å². The average molecular weight is 493 g/mol. The number of fused-ring (bicyclic) bond motifs is 1. The van der Waals surface area contributed by atoms with Gasteiger partial charge < -0.3 is 4.57 Å². The molecule has 7 heteroatoms. The second-order valence-electron chi connectivity index (χ2n) is 6.98. The van der Waals surface area contributed by atoms with Crippen molar-refractivity contribution in [3.63, 3.8) is 0 Å². The zero-order chi connectivity index (χ0) is 21.6. The molecule has 0 saturated heterocycles. The average Bonchev–Trinajstić information content (AvgIpc) is 3.14. The number of imidazole rings is 1. The van der Waals surface area contributed by atoms with E-state index in [2.05, 4.69) is 49.2 Å². The van der Waals surface area contributed by atoms with Gasteiger partial charge in [-0.2, -0.15) is 5.10 Å². The molecule has 0 saturated carbocycles. The predicted octanol–water partition coefficient (Wildman–Crippen LogP) is 5.48. The van der Waals surface area contributed by atoms with Crippen molar-refractivity contribution >= 4 is 50.3 Å². The van der Waals surface area contributed by atoms with E-state index in [9.17, 15) is 4.79 Å². The number of nitrogens with zero attached hydrogens (tertiary/aromatic N) is 3. The van der Waals surface area contributed by atoms with Crippen LogP contribution in [0.15, 0.2) is 93.6 Å². The third-order valence-electron chi connectivity index (χ3n) is 4.75. The third-order valence-corrected chi connectivity index (χ3v) is 6.25. The number of carbonyl (C=O) groups excluding carboxylic acids is 1. The fourth-order valence-corrected chi connectivity index (χ4v) is 4.22. The largest absolute Gasteiger partial charge is 0.314 e. The molecule has 0 unspecified atom stereocenters. The first-order valence-corrected chi connectivity index (χ1v) is 11.6. The van der Waals surface area contributed by atoms with Gasteiger partial charge in [0, 0.05) is 4.47 Å². The maximum atomic E-state index is 12.4. The molecule has 156 valence electrons. The number of hydrogen-bond acceptors (Lipinski definition) is 4. The van der Waals surface area contributed by atoms with E-state index in [1.54, 1.807) is 0 Å². The summed E-state index contributed by atoms with van der Waals surface area (Å²) in [5, 5.41) is 5.04. The molecule has 5 nitrogen and oxygen atoms in total. The van der Waals surface area contributed by atoms with Gasteiger partial charge in [-0.25, -0.2) is 10.4 Å². The predicted molar refractivity (Wildman–Crippen MR) is 130 cm³/mol. The quantitative estimate of drug-likeness (QED) is 0.211. The van der Waals surface area contributed by atoms with E-state index in [0.717, 1.165) is 31.9 Å². The van der Waals surface area contributed by atoms with Crippen LogP contribution in [0.25, 0.3) is 11.0 Å². The van der Waals surface area contributed by atoms with Gasteiger partial charge in [-0.1, -0.05) is 82.3 Å². The zero-order valence-corrected chi connectivity index (χ0v) is 19.4. The van der Waals surface area contributed by atoms with Crippen LogP contribution in [0.4, 0.5) is 0 Å². The maximum absolute atomic E-state index is 12.4. The lowest BCUT2D eigenvalue weighted by Crippen LogP contribution is -2.21. The summed E-state index contributed by atoms with van der Waals surface area (Å²) >= 11 is 4.83. The topological polar surface area (TPSA) is 59.3 Å². The van der Waals surface area contributed by atoms with Crippen LogP contribution < -0.4 is 5.43 Å². The van der Waals surface area contributed by atoms with Crippen LogP contribution in [0, 0.1) is 0 Å². The standard InChI is InChI=1S/C24H21BrN4OS/c1-17(19-11-13-20(25)14-12-19)27-28-23(30)16-31-24-26-21-9-5-6-10-22(21)29(24)15-18-7-3-2-4-8-18/h2-14H,15-16H2,1H3,(H,28,30)/b27-17+. The summed E-state index contributed by atoms with van der Waals surface area (Å²) in [5.74, 6) is 0.0645. The normalized spacial score (nSPS) is 11.6. The first-order valence-electron chi connectivity index (χ1n) is 9.81. The number of carbonyl (C=O) groups is 1. The molecule has 0 aliphatic heterocycles. The molecule has 4 aromatic rings.